The van der Waals surface area contributed by atoms with E-state index in [1.54, 1.807) is 11.3 Å². The molecule has 0 bridgehead atoms. The number of thiazole rings is 1. The molecule has 0 atom stereocenters. The number of fused-ring (bicyclic) bond motifs is 1. The molecule has 0 fully saturated rings. The van der Waals surface area contributed by atoms with Gasteiger partial charge in [-0.3, -0.25) is 4.79 Å². The number of H-pyrrole nitrogens is 1. The van der Waals surface area contributed by atoms with Crippen LogP contribution in [0.4, 0.5) is 5.13 Å². The fourth-order valence-corrected chi connectivity index (χ4v) is 4.84. The third kappa shape index (κ3) is 3.99. The SMILES string of the molecule is Cc1[nH]c(SCC(=O)Nc2nc3c(s2)CCC3)nc1Cc1ccccc1. The lowest BCUT2D eigenvalue weighted by Crippen LogP contribution is -2.14. The van der Waals surface area contributed by atoms with E-state index in [1.165, 1.54) is 28.6 Å². The Morgan fingerprint density at radius 3 is 2.92 bits per heavy atom. The maximum absolute atomic E-state index is 12.2. The minimum atomic E-state index is -0.0407. The summed E-state index contributed by atoms with van der Waals surface area (Å²) in [5.74, 6) is 0.281. The number of anilines is 1. The van der Waals surface area contributed by atoms with Crippen LogP contribution in [-0.4, -0.2) is 26.6 Å². The van der Waals surface area contributed by atoms with Crippen molar-refractivity contribution < 1.29 is 4.79 Å². The number of rotatable bonds is 6. The number of aromatic amines is 1. The summed E-state index contributed by atoms with van der Waals surface area (Å²) in [6.07, 6.45) is 4.10. The van der Waals surface area contributed by atoms with Gasteiger partial charge in [0.2, 0.25) is 5.91 Å². The molecule has 5 nitrogen and oxygen atoms in total. The zero-order chi connectivity index (χ0) is 17.9. The van der Waals surface area contributed by atoms with Crippen LogP contribution in [0.3, 0.4) is 0 Å². The number of aryl methyl sites for hydroxylation is 3. The molecular formula is C19H20N4OS2. The Hall–Kier alpha value is -2.12. The number of thioether (sulfide) groups is 1. The predicted octanol–water partition coefficient (Wildman–Crippen LogP) is 3.98. The van der Waals surface area contributed by atoms with Crippen LogP contribution in [0, 0.1) is 6.92 Å². The summed E-state index contributed by atoms with van der Waals surface area (Å²) >= 11 is 3.03. The smallest absolute Gasteiger partial charge is 0.236 e. The molecule has 3 aromatic rings. The van der Waals surface area contributed by atoms with Gasteiger partial charge in [0, 0.05) is 17.0 Å². The number of imidazole rings is 1. The average Bonchev–Trinajstić information content (AvgIpc) is 3.30. The molecule has 2 N–H and O–H groups in total. The van der Waals surface area contributed by atoms with E-state index in [2.05, 4.69) is 32.4 Å². The fourth-order valence-electron chi connectivity index (χ4n) is 3.03. The summed E-state index contributed by atoms with van der Waals surface area (Å²) in [6, 6.07) is 10.3. The highest BCUT2D eigenvalue weighted by Gasteiger charge is 2.18. The lowest BCUT2D eigenvalue weighted by atomic mass is 10.1. The van der Waals surface area contributed by atoms with Crippen molar-refractivity contribution in [1.29, 1.82) is 0 Å². The van der Waals surface area contributed by atoms with Gasteiger partial charge < -0.3 is 10.3 Å². The van der Waals surface area contributed by atoms with Crippen LogP contribution in [0.2, 0.25) is 0 Å². The van der Waals surface area contributed by atoms with E-state index in [1.807, 2.05) is 25.1 Å². The van der Waals surface area contributed by atoms with E-state index in [9.17, 15) is 4.79 Å². The Bertz CT molecular complexity index is 896. The molecule has 2 heterocycles. The zero-order valence-corrected chi connectivity index (χ0v) is 16.2. The number of carbonyl (C=O) groups excluding carboxylic acids is 1. The molecular weight excluding hydrogens is 364 g/mol. The summed E-state index contributed by atoms with van der Waals surface area (Å²) in [4.78, 5) is 25.9. The third-order valence-corrected chi connectivity index (χ3v) is 6.31. The Morgan fingerprint density at radius 2 is 2.12 bits per heavy atom. The fraction of sp³-hybridized carbons (Fsp3) is 0.316. The highest BCUT2D eigenvalue weighted by molar-refractivity contribution is 7.99. The van der Waals surface area contributed by atoms with E-state index in [0.717, 1.165) is 46.6 Å². The van der Waals surface area contributed by atoms with Crippen molar-refractivity contribution in [2.45, 2.75) is 37.8 Å². The molecule has 0 unspecified atom stereocenters. The summed E-state index contributed by atoms with van der Waals surface area (Å²) in [5, 5.41) is 4.41. The topological polar surface area (TPSA) is 70.7 Å². The average molecular weight is 385 g/mol. The van der Waals surface area contributed by atoms with Crippen molar-refractivity contribution in [3.63, 3.8) is 0 Å². The quantitative estimate of drug-likeness (QED) is 0.631. The molecule has 1 aliphatic carbocycles. The summed E-state index contributed by atoms with van der Waals surface area (Å²) < 4.78 is 0. The molecule has 0 radical (unpaired) electrons. The van der Waals surface area contributed by atoms with Gasteiger partial charge in [-0.2, -0.15) is 0 Å². The number of amides is 1. The standard InChI is InChI=1S/C19H20N4OS2/c1-12-15(10-13-6-3-2-4-7-13)22-18(20-12)25-11-17(24)23-19-21-14-8-5-9-16(14)26-19/h2-4,6-7H,5,8-11H2,1H3,(H,20,22)(H,21,23,24). The number of hydrogen-bond acceptors (Lipinski definition) is 5. The molecule has 26 heavy (non-hydrogen) atoms. The predicted molar refractivity (Wildman–Crippen MR) is 106 cm³/mol. The van der Waals surface area contributed by atoms with E-state index in [4.69, 9.17) is 0 Å². The largest absolute Gasteiger partial charge is 0.337 e. The van der Waals surface area contributed by atoms with Crippen molar-refractivity contribution >= 4 is 34.1 Å². The van der Waals surface area contributed by atoms with Crippen LogP contribution >= 0.6 is 23.1 Å². The second-order valence-corrected chi connectivity index (χ2v) is 8.40. The molecule has 1 aromatic carbocycles. The van der Waals surface area contributed by atoms with Crippen molar-refractivity contribution in [2.24, 2.45) is 0 Å². The Kier molecular flexibility index (Phi) is 5.08. The summed E-state index contributed by atoms with van der Waals surface area (Å²) in [7, 11) is 0. The maximum atomic E-state index is 12.2. The van der Waals surface area contributed by atoms with E-state index >= 15 is 0 Å². The lowest BCUT2D eigenvalue weighted by molar-refractivity contribution is -0.113. The van der Waals surface area contributed by atoms with Crippen molar-refractivity contribution in [1.82, 2.24) is 15.0 Å². The van der Waals surface area contributed by atoms with Gasteiger partial charge in [-0.25, -0.2) is 9.97 Å². The normalized spacial score (nSPS) is 13.0. The number of nitrogens with one attached hydrogen (secondary N) is 2. The molecule has 0 saturated heterocycles. The van der Waals surface area contributed by atoms with Crippen LogP contribution < -0.4 is 5.32 Å². The molecule has 1 aliphatic rings. The highest BCUT2D eigenvalue weighted by atomic mass is 32.2. The number of nitrogens with zero attached hydrogens (tertiary/aromatic N) is 2. The second kappa shape index (κ2) is 7.63. The van der Waals surface area contributed by atoms with E-state index in [0.29, 0.717) is 5.75 Å². The van der Waals surface area contributed by atoms with Crippen molar-refractivity contribution in [3.05, 3.63) is 57.9 Å². The van der Waals surface area contributed by atoms with Crippen LogP contribution in [0.5, 0.6) is 0 Å². The molecule has 7 heteroatoms. The van der Waals surface area contributed by atoms with Gasteiger partial charge in [0.1, 0.15) is 0 Å². The third-order valence-electron chi connectivity index (χ3n) is 4.36. The Morgan fingerprint density at radius 1 is 1.27 bits per heavy atom. The monoisotopic (exact) mass is 384 g/mol. The number of hydrogen-bond donors (Lipinski definition) is 2. The van der Waals surface area contributed by atoms with Gasteiger partial charge in [-0.15, -0.1) is 11.3 Å². The first kappa shape index (κ1) is 17.3. The first-order valence-electron chi connectivity index (χ1n) is 8.68. The van der Waals surface area contributed by atoms with Crippen LogP contribution in [0.1, 0.15) is 33.9 Å². The van der Waals surface area contributed by atoms with E-state index in [-0.39, 0.29) is 5.91 Å². The lowest BCUT2D eigenvalue weighted by Gasteiger charge is -2.00. The molecule has 0 spiro atoms. The van der Waals surface area contributed by atoms with Gasteiger partial charge in [0.05, 0.1) is 17.1 Å². The van der Waals surface area contributed by atoms with Crippen molar-refractivity contribution in [2.75, 3.05) is 11.1 Å². The summed E-state index contributed by atoms with van der Waals surface area (Å²) in [6.45, 7) is 2.02. The number of aromatic nitrogens is 3. The van der Waals surface area contributed by atoms with Gasteiger partial charge in [-0.1, -0.05) is 42.1 Å². The van der Waals surface area contributed by atoms with Gasteiger partial charge in [0.25, 0.3) is 0 Å². The molecule has 134 valence electrons. The Balaban J connectivity index is 1.32. The van der Waals surface area contributed by atoms with Crippen LogP contribution in [-0.2, 0) is 24.1 Å². The summed E-state index contributed by atoms with van der Waals surface area (Å²) in [5.41, 5.74) is 4.46. The van der Waals surface area contributed by atoms with Crippen LogP contribution in [0.15, 0.2) is 35.5 Å². The molecule has 1 amide bonds. The highest BCUT2D eigenvalue weighted by Crippen LogP contribution is 2.30. The van der Waals surface area contributed by atoms with Crippen molar-refractivity contribution in [3.8, 4) is 0 Å². The first-order chi connectivity index (χ1) is 12.7. The minimum absolute atomic E-state index is 0.0407. The first-order valence-corrected chi connectivity index (χ1v) is 10.5. The van der Waals surface area contributed by atoms with E-state index < -0.39 is 0 Å². The zero-order valence-electron chi connectivity index (χ0n) is 14.5. The molecule has 0 aliphatic heterocycles. The Labute approximate surface area is 160 Å². The minimum Gasteiger partial charge on any atom is -0.337 e. The maximum Gasteiger partial charge on any atom is 0.236 e. The number of carbonyl (C=O) groups is 1. The second-order valence-electron chi connectivity index (χ2n) is 6.36. The van der Waals surface area contributed by atoms with Crippen LogP contribution in [0.25, 0.3) is 0 Å². The number of benzene rings is 1. The van der Waals surface area contributed by atoms with Gasteiger partial charge in [0.15, 0.2) is 10.3 Å². The molecule has 0 saturated carbocycles. The molecule has 2 aromatic heterocycles. The molecule has 4 rings (SSSR count). The van der Waals surface area contributed by atoms with Gasteiger partial charge >= 0.3 is 0 Å². The van der Waals surface area contributed by atoms with Gasteiger partial charge in [-0.05, 0) is 31.7 Å².